The summed E-state index contributed by atoms with van der Waals surface area (Å²) in [5, 5.41) is 0. The fourth-order valence-corrected chi connectivity index (χ4v) is 0.468. The van der Waals surface area contributed by atoms with Crippen LogP contribution in [0.15, 0.2) is 11.9 Å². The van der Waals surface area contributed by atoms with Crippen molar-refractivity contribution in [3.8, 4) is 0 Å². The second kappa shape index (κ2) is 8.50. The molecule has 0 fully saturated rings. The summed E-state index contributed by atoms with van der Waals surface area (Å²) in [4.78, 5) is 0. The van der Waals surface area contributed by atoms with Crippen molar-refractivity contribution in [2.24, 2.45) is 0 Å². The maximum absolute atomic E-state index is 12.3. The highest BCUT2D eigenvalue weighted by Crippen LogP contribution is 2.25. The van der Waals surface area contributed by atoms with Crippen molar-refractivity contribution in [2.75, 3.05) is 7.11 Å². The Kier molecular flexibility index (Phi) is 9.42. The molecule has 0 aromatic rings. The number of ether oxygens (including phenoxy) is 1. The third kappa shape index (κ3) is 11.4. The Balaban J connectivity index is 0. The van der Waals surface area contributed by atoms with Crippen LogP contribution in [0.3, 0.4) is 0 Å². The van der Waals surface area contributed by atoms with Crippen LogP contribution >= 0.6 is 0 Å². The molecule has 0 rings (SSSR count). The molecule has 0 amide bonds. The monoisotopic (exact) mass is 248 g/mol. The first-order valence-electron chi connectivity index (χ1n) is 4.64. The second-order valence-electron chi connectivity index (χ2n) is 3.14. The molecule has 0 N–H and O–H groups in total. The van der Waals surface area contributed by atoms with E-state index < -0.39 is 30.7 Å². The van der Waals surface area contributed by atoms with E-state index in [9.17, 15) is 22.0 Å². The van der Waals surface area contributed by atoms with Crippen LogP contribution in [0.2, 0.25) is 0 Å². The minimum atomic E-state index is -3.46. The molecule has 2 unspecified atom stereocenters. The van der Waals surface area contributed by atoms with Crippen molar-refractivity contribution in [1.29, 1.82) is 0 Å². The minimum Gasteiger partial charge on any atom is -0.352 e. The lowest BCUT2D eigenvalue weighted by Crippen LogP contribution is -2.25. The molecule has 0 spiro atoms. The Morgan fingerprint density at radius 1 is 1.38 bits per heavy atom. The third-order valence-corrected chi connectivity index (χ3v) is 1.56. The van der Waals surface area contributed by atoms with Crippen molar-refractivity contribution < 1.29 is 26.7 Å². The lowest BCUT2D eigenvalue weighted by molar-refractivity contribution is -0.0559. The molecule has 0 aliphatic carbocycles. The standard InChI is InChI=1S/C7H10F4.C3H7FO/c1-3-5(8)4-6(9)7(2,10)11;1-3(4)5-2/h3,6H,4H2,1-2H3;3H,1-2H3/b5-3-;. The Morgan fingerprint density at radius 2 is 1.75 bits per heavy atom. The van der Waals surface area contributed by atoms with Crippen molar-refractivity contribution in [1.82, 2.24) is 0 Å². The maximum atomic E-state index is 12.3. The number of methoxy groups -OCH3 is 1. The van der Waals surface area contributed by atoms with Gasteiger partial charge in [0.2, 0.25) is 0 Å². The zero-order valence-corrected chi connectivity index (χ0v) is 9.74. The molecule has 0 saturated carbocycles. The van der Waals surface area contributed by atoms with E-state index in [1.165, 1.54) is 21.0 Å². The highest BCUT2D eigenvalue weighted by molar-refractivity contribution is 4.93. The van der Waals surface area contributed by atoms with Gasteiger partial charge in [0.05, 0.1) is 5.83 Å². The van der Waals surface area contributed by atoms with Gasteiger partial charge in [0, 0.05) is 20.5 Å². The fourth-order valence-electron chi connectivity index (χ4n) is 0.468. The van der Waals surface area contributed by atoms with E-state index in [1.807, 2.05) is 0 Å². The Hall–Kier alpha value is -0.650. The molecule has 0 aromatic heterocycles. The van der Waals surface area contributed by atoms with Gasteiger partial charge in [-0.15, -0.1) is 0 Å². The Labute approximate surface area is 92.3 Å². The minimum absolute atomic E-state index is 0.431. The van der Waals surface area contributed by atoms with Gasteiger partial charge in [-0.1, -0.05) is 6.08 Å². The van der Waals surface area contributed by atoms with Gasteiger partial charge in [0.25, 0.3) is 5.92 Å². The first-order chi connectivity index (χ1) is 7.15. The van der Waals surface area contributed by atoms with E-state index in [0.29, 0.717) is 6.92 Å². The van der Waals surface area contributed by atoms with E-state index in [-0.39, 0.29) is 0 Å². The molecule has 0 radical (unpaired) electrons. The van der Waals surface area contributed by atoms with Gasteiger partial charge in [0.15, 0.2) is 12.5 Å². The van der Waals surface area contributed by atoms with Crippen LogP contribution in [-0.4, -0.2) is 25.6 Å². The average molecular weight is 248 g/mol. The number of halogens is 5. The van der Waals surface area contributed by atoms with Gasteiger partial charge < -0.3 is 4.74 Å². The van der Waals surface area contributed by atoms with Gasteiger partial charge >= 0.3 is 0 Å². The number of alkyl halides is 4. The van der Waals surface area contributed by atoms with Crippen molar-refractivity contribution in [2.45, 2.75) is 45.6 Å². The summed E-state index contributed by atoms with van der Waals surface area (Å²) in [5.41, 5.74) is 0. The van der Waals surface area contributed by atoms with Gasteiger partial charge in [-0.3, -0.25) is 0 Å². The van der Waals surface area contributed by atoms with Crippen LogP contribution < -0.4 is 0 Å². The Morgan fingerprint density at radius 3 is 1.94 bits per heavy atom. The summed E-state index contributed by atoms with van der Waals surface area (Å²) in [6.45, 7) is 3.09. The number of rotatable bonds is 4. The maximum Gasteiger partial charge on any atom is 0.276 e. The molecule has 0 heterocycles. The highest BCUT2D eigenvalue weighted by Gasteiger charge is 2.34. The van der Waals surface area contributed by atoms with Crippen LogP contribution in [0.1, 0.15) is 27.2 Å². The van der Waals surface area contributed by atoms with Crippen molar-refractivity contribution in [3.05, 3.63) is 11.9 Å². The molecule has 2 atom stereocenters. The topological polar surface area (TPSA) is 9.23 Å². The first-order valence-corrected chi connectivity index (χ1v) is 4.64. The summed E-state index contributed by atoms with van der Waals surface area (Å²) in [5.74, 6) is -4.31. The van der Waals surface area contributed by atoms with E-state index in [1.54, 1.807) is 0 Å². The highest BCUT2D eigenvalue weighted by atomic mass is 19.3. The smallest absolute Gasteiger partial charge is 0.276 e. The van der Waals surface area contributed by atoms with Gasteiger partial charge in [0.1, 0.15) is 0 Å². The normalized spacial score (nSPS) is 16.2. The van der Waals surface area contributed by atoms with Crippen LogP contribution in [0.4, 0.5) is 22.0 Å². The summed E-state index contributed by atoms with van der Waals surface area (Å²) in [6, 6.07) is 0. The van der Waals surface area contributed by atoms with Crippen molar-refractivity contribution in [3.63, 3.8) is 0 Å². The van der Waals surface area contributed by atoms with Gasteiger partial charge in [-0.05, 0) is 13.8 Å². The van der Waals surface area contributed by atoms with Crippen molar-refractivity contribution >= 4 is 0 Å². The molecule has 98 valence electrons. The third-order valence-electron chi connectivity index (χ3n) is 1.56. The number of hydrogen-bond acceptors (Lipinski definition) is 1. The van der Waals surface area contributed by atoms with Crippen LogP contribution in [-0.2, 0) is 4.74 Å². The summed E-state index contributed by atoms with van der Waals surface area (Å²) in [6.07, 6.45) is -3.42. The van der Waals surface area contributed by atoms with E-state index in [4.69, 9.17) is 0 Å². The molecular formula is C10H17F5O. The quantitative estimate of drug-likeness (QED) is 0.678. The molecule has 0 saturated heterocycles. The summed E-state index contributed by atoms with van der Waals surface area (Å²) >= 11 is 0. The van der Waals surface area contributed by atoms with E-state index in [2.05, 4.69) is 4.74 Å². The average Bonchev–Trinajstić information content (AvgIpc) is 2.16. The van der Waals surface area contributed by atoms with Crippen LogP contribution in [0, 0.1) is 0 Å². The number of hydrogen-bond donors (Lipinski definition) is 0. The molecule has 0 bridgehead atoms. The number of allylic oxidation sites excluding steroid dienone is 2. The molecule has 0 aromatic carbocycles. The second-order valence-corrected chi connectivity index (χ2v) is 3.14. The largest absolute Gasteiger partial charge is 0.352 e. The van der Waals surface area contributed by atoms with E-state index in [0.717, 1.165) is 6.08 Å². The summed E-state index contributed by atoms with van der Waals surface area (Å²) in [7, 11) is 1.32. The first kappa shape index (κ1) is 17.7. The zero-order valence-electron chi connectivity index (χ0n) is 9.74. The molecule has 6 heteroatoms. The van der Waals surface area contributed by atoms with E-state index >= 15 is 0 Å². The predicted octanol–water partition coefficient (Wildman–Crippen LogP) is 4.19. The lowest BCUT2D eigenvalue weighted by Gasteiger charge is -2.14. The van der Waals surface area contributed by atoms with Gasteiger partial charge in [-0.25, -0.2) is 22.0 Å². The summed E-state index contributed by atoms with van der Waals surface area (Å²) < 4.78 is 63.9. The molecular weight excluding hydrogens is 231 g/mol. The lowest BCUT2D eigenvalue weighted by atomic mass is 10.1. The predicted molar refractivity (Wildman–Crippen MR) is 52.6 cm³/mol. The molecule has 0 aliphatic heterocycles. The molecule has 1 nitrogen and oxygen atoms in total. The fraction of sp³-hybridized carbons (Fsp3) is 0.800. The van der Waals surface area contributed by atoms with Crippen LogP contribution in [0.5, 0.6) is 0 Å². The van der Waals surface area contributed by atoms with Crippen LogP contribution in [0.25, 0.3) is 0 Å². The zero-order chi connectivity index (χ0) is 13.4. The molecule has 16 heavy (non-hydrogen) atoms. The Bertz CT molecular complexity index is 198. The molecule has 0 aliphatic rings. The van der Waals surface area contributed by atoms with Gasteiger partial charge in [-0.2, -0.15) is 0 Å². The SMILES string of the molecule is C/C=C(\F)CC(F)C(C)(F)F.COC(C)F.